The fourth-order valence-electron chi connectivity index (χ4n) is 2.55. The molecule has 21 heavy (non-hydrogen) atoms. The lowest BCUT2D eigenvalue weighted by molar-refractivity contribution is -0.138. The molecule has 2 rings (SSSR count). The maximum Gasteiger partial charge on any atom is 0.240 e. The highest BCUT2D eigenvalue weighted by atomic mass is 16.5. The summed E-state index contributed by atoms with van der Waals surface area (Å²) >= 11 is 0. The summed E-state index contributed by atoms with van der Waals surface area (Å²) in [6.07, 6.45) is 0. The molecule has 6 heteroatoms. The lowest BCUT2D eigenvalue weighted by atomic mass is 10.0. The van der Waals surface area contributed by atoms with Crippen LogP contribution in [0.2, 0.25) is 0 Å². The van der Waals surface area contributed by atoms with Crippen molar-refractivity contribution >= 4 is 5.91 Å². The van der Waals surface area contributed by atoms with Gasteiger partial charge in [-0.2, -0.15) is 0 Å². The van der Waals surface area contributed by atoms with Crippen molar-refractivity contribution in [1.29, 1.82) is 0 Å². The van der Waals surface area contributed by atoms with Gasteiger partial charge in [-0.05, 0) is 19.8 Å². The number of carbonyl (C=O) groups is 1. The third-order valence-corrected chi connectivity index (χ3v) is 3.94. The second kappa shape index (κ2) is 7.04. The van der Waals surface area contributed by atoms with Gasteiger partial charge in [0.25, 0.3) is 0 Å². The highest BCUT2D eigenvalue weighted by Gasteiger charge is 2.28. The van der Waals surface area contributed by atoms with Crippen molar-refractivity contribution < 1.29 is 14.1 Å². The molecule has 1 aromatic heterocycles. The van der Waals surface area contributed by atoms with Gasteiger partial charge in [-0.3, -0.25) is 4.79 Å². The monoisotopic (exact) mass is 295 g/mol. The predicted molar refractivity (Wildman–Crippen MR) is 78.8 cm³/mol. The zero-order valence-electron chi connectivity index (χ0n) is 13.3. The molecule has 1 N–H and O–H groups in total. The summed E-state index contributed by atoms with van der Waals surface area (Å²) in [5.74, 6) is 1.18. The van der Waals surface area contributed by atoms with Crippen LogP contribution in [0.3, 0.4) is 0 Å². The summed E-state index contributed by atoms with van der Waals surface area (Å²) in [4.78, 5) is 14.5. The van der Waals surface area contributed by atoms with E-state index in [0.717, 1.165) is 17.0 Å². The van der Waals surface area contributed by atoms with E-state index in [9.17, 15) is 4.79 Å². The molecule has 1 aliphatic heterocycles. The Morgan fingerprint density at radius 3 is 2.52 bits per heavy atom. The maximum absolute atomic E-state index is 12.6. The first-order valence-corrected chi connectivity index (χ1v) is 7.52. The molecule has 2 heterocycles. The second-order valence-electron chi connectivity index (χ2n) is 5.84. The molecule has 1 aromatic rings. The number of carbonyl (C=O) groups excluding carboxylic acids is 1. The number of hydrogen-bond donors (Lipinski definition) is 1. The minimum Gasteiger partial charge on any atom is -0.378 e. The fourth-order valence-corrected chi connectivity index (χ4v) is 2.55. The summed E-state index contributed by atoms with van der Waals surface area (Å²) in [5.41, 5.74) is 1.91. The van der Waals surface area contributed by atoms with E-state index in [1.807, 2.05) is 18.7 Å². The SMILES string of the molecule is Cc1noc(C)c1CN[C@@H](C(=O)N1CCOCC1)C(C)C. The van der Waals surface area contributed by atoms with Crippen LogP contribution < -0.4 is 5.32 Å². The molecule has 1 atom stereocenters. The summed E-state index contributed by atoms with van der Waals surface area (Å²) in [5, 5.41) is 7.32. The fraction of sp³-hybridized carbons (Fsp3) is 0.733. The summed E-state index contributed by atoms with van der Waals surface area (Å²) in [6.45, 7) is 11.1. The number of amides is 1. The quantitative estimate of drug-likeness (QED) is 0.886. The van der Waals surface area contributed by atoms with Gasteiger partial charge in [-0.1, -0.05) is 19.0 Å². The van der Waals surface area contributed by atoms with Gasteiger partial charge < -0.3 is 19.5 Å². The van der Waals surface area contributed by atoms with E-state index in [0.29, 0.717) is 32.8 Å². The zero-order chi connectivity index (χ0) is 15.4. The Bertz CT molecular complexity index is 459. The Labute approximate surface area is 125 Å². The number of aryl methyl sites for hydroxylation is 2. The summed E-state index contributed by atoms with van der Waals surface area (Å²) in [7, 11) is 0. The largest absolute Gasteiger partial charge is 0.378 e. The Morgan fingerprint density at radius 1 is 1.33 bits per heavy atom. The molecule has 0 spiro atoms. The van der Waals surface area contributed by atoms with Crippen molar-refractivity contribution in [3.63, 3.8) is 0 Å². The molecule has 0 aromatic carbocycles. The Kier molecular flexibility index (Phi) is 5.36. The van der Waals surface area contributed by atoms with Crippen molar-refractivity contribution in [3.05, 3.63) is 17.0 Å². The van der Waals surface area contributed by atoms with Gasteiger partial charge >= 0.3 is 0 Å². The van der Waals surface area contributed by atoms with E-state index >= 15 is 0 Å². The normalized spacial score (nSPS) is 17.3. The van der Waals surface area contributed by atoms with Crippen LogP contribution in [0, 0.1) is 19.8 Å². The third-order valence-electron chi connectivity index (χ3n) is 3.94. The Balaban J connectivity index is 2.00. The van der Waals surface area contributed by atoms with Crippen LogP contribution >= 0.6 is 0 Å². The van der Waals surface area contributed by atoms with Crippen molar-refractivity contribution in [2.45, 2.75) is 40.3 Å². The molecule has 1 fully saturated rings. The number of aromatic nitrogens is 1. The molecule has 0 bridgehead atoms. The summed E-state index contributed by atoms with van der Waals surface area (Å²) in [6, 6.07) is -0.197. The molecule has 0 unspecified atom stereocenters. The molecule has 6 nitrogen and oxygen atoms in total. The van der Waals surface area contributed by atoms with Crippen molar-refractivity contribution in [3.8, 4) is 0 Å². The average Bonchev–Trinajstić information content (AvgIpc) is 2.79. The van der Waals surface area contributed by atoms with Crippen LogP contribution in [0.25, 0.3) is 0 Å². The summed E-state index contributed by atoms with van der Waals surface area (Å²) < 4.78 is 10.5. The number of nitrogens with one attached hydrogen (secondary N) is 1. The molecule has 0 aliphatic carbocycles. The van der Waals surface area contributed by atoms with Gasteiger partial charge in [-0.25, -0.2) is 0 Å². The lowest BCUT2D eigenvalue weighted by Crippen LogP contribution is -2.52. The number of morpholine rings is 1. The highest BCUT2D eigenvalue weighted by Crippen LogP contribution is 2.14. The van der Waals surface area contributed by atoms with Crippen LogP contribution in [-0.2, 0) is 16.1 Å². The smallest absolute Gasteiger partial charge is 0.240 e. The van der Waals surface area contributed by atoms with E-state index < -0.39 is 0 Å². The van der Waals surface area contributed by atoms with Crippen LogP contribution in [0.1, 0.15) is 30.9 Å². The van der Waals surface area contributed by atoms with E-state index in [1.54, 1.807) is 0 Å². The average molecular weight is 295 g/mol. The van der Waals surface area contributed by atoms with Gasteiger partial charge in [0.2, 0.25) is 5.91 Å². The molecule has 0 saturated carbocycles. The van der Waals surface area contributed by atoms with Crippen LogP contribution in [0.15, 0.2) is 4.52 Å². The lowest BCUT2D eigenvalue weighted by Gasteiger charge is -2.32. The minimum absolute atomic E-state index is 0.153. The number of ether oxygens (including phenoxy) is 1. The molecule has 118 valence electrons. The minimum atomic E-state index is -0.197. The van der Waals surface area contributed by atoms with Crippen molar-refractivity contribution in [1.82, 2.24) is 15.4 Å². The molecular formula is C15H25N3O3. The van der Waals surface area contributed by atoms with E-state index in [1.165, 1.54) is 0 Å². The Morgan fingerprint density at radius 2 is 2.00 bits per heavy atom. The molecule has 1 saturated heterocycles. The van der Waals surface area contributed by atoms with Gasteiger partial charge in [0, 0.05) is 25.2 Å². The van der Waals surface area contributed by atoms with Crippen LogP contribution in [-0.4, -0.2) is 48.3 Å². The standard InChI is InChI=1S/C15H25N3O3/c1-10(2)14(15(19)18-5-7-20-8-6-18)16-9-13-11(3)17-21-12(13)4/h10,14,16H,5-9H2,1-4H3/t14-/m1/s1. The van der Waals surface area contributed by atoms with Gasteiger partial charge in [0.15, 0.2) is 0 Å². The first-order valence-electron chi connectivity index (χ1n) is 7.52. The van der Waals surface area contributed by atoms with Crippen LogP contribution in [0.5, 0.6) is 0 Å². The maximum atomic E-state index is 12.6. The number of nitrogens with zero attached hydrogens (tertiary/aromatic N) is 2. The van der Waals surface area contributed by atoms with Gasteiger partial charge in [0.05, 0.1) is 24.9 Å². The molecular weight excluding hydrogens is 270 g/mol. The van der Waals surface area contributed by atoms with Gasteiger partial charge in [0.1, 0.15) is 5.76 Å². The predicted octanol–water partition coefficient (Wildman–Crippen LogP) is 1.26. The van der Waals surface area contributed by atoms with Crippen LogP contribution in [0.4, 0.5) is 0 Å². The molecule has 1 aliphatic rings. The topological polar surface area (TPSA) is 67.6 Å². The highest BCUT2D eigenvalue weighted by molar-refractivity contribution is 5.82. The van der Waals surface area contributed by atoms with Crippen molar-refractivity contribution in [2.24, 2.45) is 5.92 Å². The zero-order valence-corrected chi connectivity index (χ0v) is 13.3. The first-order chi connectivity index (χ1) is 10.0. The molecule has 0 radical (unpaired) electrons. The second-order valence-corrected chi connectivity index (χ2v) is 5.84. The first kappa shape index (κ1) is 16.0. The van der Waals surface area contributed by atoms with Gasteiger partial charge in [-0.15, -0.1) is 0 Å². The Hall–Kier alpha value is -1.40. The van der Waals surface area contributed by atoms with E-state index in [4.69, 9.17) is 9.26 Å². The third kappa shape index (κ3) is 3.83. The number of rotatable bonds is 5. The van der Waals surface area contributed by atoms with E-state index in [-0.39, 0.29) is 17.9 Å². The molecule has 1 amide bonds. The van der Waals surface area contributed by atoms with E-state index in [2.05, 4.69) is 24.3 Å². The number of hydrogen-bond acceptors (Lipinski definition) is 5. The van der Waals surface area contributed by atoms with Crippen molar-refractivity contribution in [2.75, 3.05) is 26.3 Å².